The average Bonchev–Trinajstić information content (AvgIpc) is 2.92. The van der Waals surface area contributed by atoms with Gasteiger partial charge in [-0.15, -0.1) is 0 Å². The number of piperazine rings is 1. The number of nitrogens with zero attached hydrogens (tertiary/aromatic N) is 4. The summed E-state index contributed by atoms with van der Waals surface area (Å²) in [5, 5.41) is 11.9. The molecule has 2 aromatic carbocycles. The Labute approximate surface area is 227 Å². The van der Waals surface area contributed by atoms with E-state index in [0.29, 0.717) is 22.4 Å². The molecule has 1 aliphatic heterocycles. The Bertz CT molecular complexity index is 1390. The molecular formula is C27H27F3N6O4. The highest BCUT2D eigenvalue weighted by atomic mass is 19.4. The van der Waals surface area contributed by atoms with Crippen molar-refractivity contribution in [2.24, 2.45) is 5.73 Å². The fourth-order valence-electron chi connectivity index (χ4n) is 4.43. The lowest BCUT2D eigenvalue weighted by Crippen LogP contribution is -2.50. The SMILES string of the molecule is NC(=O)Cc1ccccc1CCc1nc(Nc2ccc(C(=O)N3CCN(C(=O)O)CC3)cc2)ncc1C(F)(F)F. The van der Waals surface area contributed by atoms with Crippen molar-refractivity contribution in [3.05, 3.63) is 82.7 Å². The number of benzene rings is 2. The van der Waals surface area contributed by atoms with Gasteiger partial charge >= 0.3 is 12.3 Å². The summed E-state index contributed by atoms with van der Waals surface area (Å²) in [4.78, 5) is 46.0. The monoisotopic (exact) mass is 556 g/mol. The second kappa shape index (κ2) is 12.0. The van der Waals surface area contributed by atoms with Crippen LogP contribution in [0.4, 0.5) is 29.6 Å². The van der Waals surface area contributed by atoms with Crippen LogP contribution in [0.15, 0.2) is 54.7 Å². The number of hydrogen-bond donors (Lipinski definition) is 3. The summed E-state index contributed by atoms with van der Waals surface area (Å²) in [7, 11) is 0. The summed E-state index contributed by atoms with van der Waals surface area (Å²) in [6.45, 7) is 1.01. The Balaban J connectivity index is 1.46. The lowest BCUT2D eigenvalue weighted by molar-refractivity contribution is -0.138. The van der Waals surface area contributed by atoms with Gasteiger partial charge in [-0.25, -0.2) is 14.8 Å². The number of nitrogens with two attached hydrogens (primary N) is 1. The minimum atomic E-state index is -4.65. The summed E-state index contributed by atoms with van der Waals surface area (Å²) >= 11 is 0. The van der Waals surface area contributed by atoms with E-state index < -0.39 is 23.7 Å². The average molecular weight is 557 g/mol. The predicted octanol–water partition coefficient (Wildman–Crippen LogP) is 3.49. The second-order valence-electron chi connectivity index (χ2n) is 9.23. The smallest absolute Gasteiger partial charge is 0.419 e. The van der Waals surface area contributed by atoms with Crippen molar-refractivity contribution in [3.8, 4) is 0 Å². The topological polar surface area (TPSA) is 142 Å². The summed E-state index contributed by atoms with van der Waals surface area (Å²) in [5.41, 5.74) is 6.34. The molecule has 0 spiro atoms. The second-order valence-corrected chi connectivity index (χ2v) is 9.23. The van der Waals surface area contributed by atoms with E-state index in [9.17, 15) is 27.6 Å². The van der Waals surface area contributed by atoms with Gasteiger partial charge in [0.15, 0.2) is 0 Å². The van der Waals surface area contributed by atoms with Crippen LogP contribution in [0.1, 0.15) is 32.7 Å². The molecule has 0 saturated carbocycles. The van der Waals surface area contributed by atoms with Crippen LogP contribution >= 0.6 is 0 Å². The maximum Gasteiger partial charge on any atom is 0.419 e. The number of carbonyl (C=O) groups excluding carboxylic acids is 2. The first-order valence-corrected chi connectivity index (χ1v) is 12.4. The quantitative estimate of drug-likeness (QED) is 0.386. The number of anilines is 2. The van der Waals surface area contributed by atoms with Crippen LogP contribution in [0.3, 0.4) is 0 Å². The number of primary amides is 1. The molecule has 1 aromatic heterocycles. The highest BCUT2D eigenvalue weighted by Gasteiger charge is 2.35. The number of aryl methyl sites for hydroxylation is 2. The van der Waals surface area contributed by atoms with E-state index in [1.807, 2.05) is 0 Å². The normalized spacial score (nSPS) is 13.7. The van der Waals surface area contributed by atoms with E-state index in [0.717, 1.165) is 6.20 Å². The molecule has 1 aliphatic rings. The van der Waals surface area contributed by atoms with E-state index in [4.69, 9.17) is 10.8 Å². The standard InChI is InChI=1S/C27H27F3N6O4/c28-27(29,30)21-16-32-25(34-22(21)10-7-17-3-1-2-4-19(17)15-23(31)37)33-20-8-5-18(6-9-20)24(38)35-11-13-36(14-12-35)26(39)40/h1-6,8-9,16H,7,10-15H2,(H2,31,37)(H,39,40)(H,32,33,34). The Morgan fingerprint density at radius 1 is 0.925 bits per heavy atom. The van der Waals surface area contributed by atoms with E-state index in [2.05, 4.69) is 15.3 Å². The summed E-state index contributed by atoms with van der Waals surface area (Å²) in [6, 6.07) is 13.2. The van der Waals surface area contributed by atoms with E-state index in [-0.39, 0.29) is 63.0 Å². The van der Waals surface area contributed by atoms with Gasteiger partial charge in [0.25, 0.3) is 5.91 Å². The Kier molecular flexibility index (Phi) is 8.51. The van der Waals surface area contributed by atoms with Gasteiger partial charge in [0.05, 0.1) is 17.7 Å². The number of alkyl halides is 3. The van der Waals surface area contributed by atoms with Crippen LogP contribution in [-0.2, 0) is 30.2 Å². The maximum atomic E-state index is 13.7. The van der Waals surface area contributed by atoms with Gasteiger partial charge in [-0.05, 0) is 48.2 Å². The molecule has 4 N–H and O–H groups in total. The van der Waals surface area contributed by atoms with Crippen LogP contribution < -0.4 is 11.1 Å². The van der Waals surface area contributed by atoms with Gasteiger partial charge in [-0.2, -0.15) is 13.2 Å². The van der Waals surface area contributed by atoms with E-state index in [1.165, 1.54) is 4.90 Å². The Morgan fingerprint density at radius 2 is 1.55 bits per heavy atom. The minimum absolute atomic E-state index is 0.0179. The molecule has 210 valence electrons. The molecule has 4 rings (SSSR count). The molecule has 2 heterocycles. The lowest BCUT2D eigenvalue weighted by Gasteiger charge is -2.33. The van der Waals surface area contributed by atoms with Crippen LogP contribution in [0.5, 0.6) is 0 Å². The molecule has 0 bridgehead atoms. The van der Waals surface area contributed by atoms with Crippen LogP contribution in [0, 0.1) is 0 Å². The molecule has 13 heteroatoms. The molecule has 0 atom stereocenters. The van der Waals surface area contributed by atoms with Gasteiger partial charge in [0.2, 0.25) is 11.9 Å². The zero-order valence-electron chi connectivity index (χ0n) is 21.3. The number of aromatic nitrogens is 2. The zero-order chi connectivity index (χ0) is 28.9. The van der Waals surface area contributed by atoms with Crippen LogP contribution in [0.2, 0.25) is 0 Å². The number of halogens is 3. The summed E-state index contributed by atoms with van der Waals surface area (Å²) in [5.74, 6) is -0.830. The van der Waals surface area contributed by atoms with Gasteiger partial charge < -0.3 is 26.0 Å². The minimum Gasteiger partial charge on any atom is -0.465 e. The van der Waals surface area contributed by atoms with Crippen LogP contribution in [-0.4, -0.2) is 69.0 Å². The first-order valence-electron chi connectivity index (χ1n) is 12.4. The third-order valence-corrected chi connectivity index (χ3v) is 6.51. The van der Waals surface area contributed by atoms with Crippen molar-refractivity contribution in [2.45, 2.75) is 25.4 Å². The number of hydrogen-bond acceptors (Lipinski definition) is 6. The van der Waals surface area contributed by atoms with Crippen molar-refractivity contribution in [1.82, 2.24) is 19.8 Å². The zero-order valence-corrected chi connectivity index (χ0v) is 21.3. The summed E-state index contributed by atoms with van der Waals surface area (Å²) in [6.07, 6.45) is -4.81. The van der Waals surface area contributed by atoms with Crippen molar-refractivity contribution in [1.29, 1.82) is 0 Å². The lowest BCUT2D eigenvalue weighted by atomic mass is 9.98. The third kappa shape index (κ3) is 7.04. The first kappa shape index (κ1) is 28.3. The van der Waals surface area contributed by atoms with Crippen molar-refractivity contribution >= 4 is 29.5 Å². The number of carbonyl (C=O) groups is 3. The number of rotatable bonds is 8. The molecule has 0 radical (unpaired) electrons. The van der Waals surface area contributed by atoms with Crippen molar-refractivity contribution in [3.63, 3.8) is 0 Å². The predicted molar refractivity (Wildman–Crippen MR) is 139 cm³/mol. The molecule has 10 nitrogen and oxygen atoms in total. The Morgan fingerprint density at radius 3 is 2.15 bits per heavy atom. The maximum absolute atomic E-state index is 13.7. The van der Waals surface area contributed by atoms with Crippen LogP contribution in [0.25, 0.3) is 0 Å². The Hall–Kier alpha value is -4.68. The van der Waals surface area contributed by atoms with E-state index in [1.54, 1.807) is 53.4 Å². The van der Waals surface area contributed by atoms with Crippen molar-refractivity contribution < 1.29 is 32.7 Å². The molecule has 40 heavy (non-hydrogen) atoms. The largest absolute Gasteiger partial charge is 0.465 e. The number of carboxylic acid groups (broad SMARTS) is 1. The van der Waals surface area contributed by atoms with Gasteiger partial charge in [0.1, 0.15) is 0 Å². The third-order valence-electron chi connectivity index (χ3n) is 6.51. The van der Waals surface area contributed by atoms with Gasteiger partial charge in [0, 0.05) is 43.6 Å². The number of nitrogens with one attached hydrogen (secondary N) is 1. The number of amides is 3. The highest BCUT2D eigenvalue weighted by molar-refractivity contribution is 5.94. The molecule has 1 fully saturated rings. The molecule has 1 saturated heterocycles. The fourth-order valence-corrected chi connectivity index (χ4v) is 4.43. The molecule has 3 amide bonds. The van der Waals surface area contributed by atoms with Gasteiger partial charge in [-0.1, -0.05) is 24.3 Å². The fraction of sp³-hybridized carbons (Fsp3) is 0.296. The summed E-state index contributed by atoms with van der Waals surface area (Å²) < 4.78 is 41.1. The molecular weight excluding hydrogens is 529 g/mol. The first-order chi connectivity index (χ1) is 19.0. The molecule has 3 aromatic rings. The molecule has 0 aliphatic carbocycles. The molecule has 0 unspecified atom stereocenters. The highest BCUT2D eigenvalue weighted by Crippen LogP contribution is 2.32. The van der Waals surface area contributed by atoms with Gasteiger partial charge in [-0.3, -0.25) is 9.59 Å². The van der Waals surface area contributed by atoms with E-state index >= 15 is 0 Å². The van der Waals surface area contributed by atoms with Crippen molar-refractivity contribution in [2.75, 3.05) is 31.5 Å².